The molecule has 0 aromatic heterocycles. The summed E-state index contributed by atoms with van der Waals surface area (Å²) >= 11 is 0. The van der Waals surface area contributed by atoms with Crippen LogP contribution >= 0.6 is 0 Å². The minimum atomic E-state index is -0.544. The van der Waals surface area contributed by atoms with Crippen LogP contribution in [0.3, 0.4) is 0 Å². The molecule has 0 amide bonds. The fourth-order valence-corrected chi connectivity index (χ4v) is 4.42. The Hall–Kier alpha value is -1.66. The van der Waals surface area contributed by atoms with E-state index in [1.54, 1.807) is 6.92 Å². The third kappa shape index (κ3) is 4.61. The molecule has 4 aliphatic rings. The second-order valence-corrected chi connectivity index (χ2v) is 8.26. The molecule has 2 aliphatic carbocycles. The summed E-state index contributed by atoms with van der Waals surface area (Å²) in [4.78, 5) is 24.3. The third-order valence-electron chi connectivity index (χ3n) is 6.26. The summed E-state index contributed by atoms with van der Waals surface area (Å²) in [6.45, 7) is 5.52. The fraction of sp³-hybridized carbons (Fsp3) is 0.714. The van der Waals surface area contributed by atoms with Crippen LogP contribution in [-0.2, 0) is 28.5 Å². The predicted octanol–water partition coefficient (Wildman–Crippen LogP) is 3.06. The number of hydrogen-bond acceptors (Lipinski definition) is 6. The molecule has 2 aliphatic heterocycles. The van der Waals surface area contributed by atoms with E-state index in [1.807, 2.05) is 0 Å². The Bertz CT molecular complexity index is 653. The highest BCUT2D eigenvalue weighted by atomic mass is 16.6. The topological polar surface area (TPSA) is 77.7 Å². The van der Waals surface area contributed by atoms with Gasteiger partial charge in [-0.1, -0.05) is 6.58 Å². The largest absolute Gasteiger partial charge is 0.462 e. The molecule has 0 spiro atoms. The van der Waals surface area contributed by atoms with Gasteiger partial charge in [-0.25, -0.2) is 9.59 Å². The Morgan fingerprint density at radius 3 is 2.26 bits per heavy atom. The number of carbonyl (C=O) groups is 2. The van der Waals surface area contributed by atoms with Gasteiger partial charge in [-0.15, -0.1) is 0 Å². The normalized spacial score (nSPS) is 37.2. The third-order valence-corrected chi connectivity index (χ3v) is 6.26. The van der Waals surface area contributed by atoms with Gasteiger partial charge in [0.2, 0.25) is 0 Å². The Morgan fingerprint density at radius 1 is 1.00 bits per heavy atom. The molecule has 2 heterocycles. The molecule has 0 radical (unpaired) electrons. The summed E-state index contributed by atoms with van der Waals surface area (Å²) in [6, 6.07) is 0. The Kier molecular flexibility index (Phi) is 5.37. The summed E-state index contributed by atoms with van der Waals surface area (Å²) in [6.07, 6.45) is 9.27. The molecule has 0 aromatic rings. The first-order valence-corrected chi connectivity index (χ1v) is 10.1. The van der Waals surface area contributed by atoms with Crippen molar-refractivity contribution in [2.24, 2.45) is 11.8 Å². The van der Waals surface area contributed by atoms with Crippen molar-refractivity contribution in [3.63, 3.8) is 0 Å². The van der Waals surface area contributed by atoms with Crippen LogP contribution in [0.5, 0.6) is 0 Å². The lowest BCUT2D eigenvalue weighted by Gasteiger charge is -2.22. The minimum Gasteiger partial charge on any atom is -0.462 e. The van der Waals surface area contributed by atoms with Gasteiger partial charge in [-0.05, 0) is 57.3 Å². The Labute approximate surface area is 159 Å². The van der Waals surface area contributed by atoms with Crippen molar-refractivity contribution in [2.45, 2.75) is 76.3 Å². The van der Waals surface area contributed by atoms with E-state index in [0.717, 1.165) is 44.6 Å². The van der Waals surface area contributed by atoms with E-state index >= 15 is 0 Å². The summed E-state index contributed by atoms with van der Waals surface area (Å²) in [5.74, 6) is 0.163. The van der Waals surface area contributed by atoms with Gasteiger partial charge in [0.15, 0.2) is 0 Å². The zero-order valence-electron chi connectivity index (χ0n) is 15.9. The highest BCUT2D eigenvalue weighted by Gasteiger charge is 2.45. The summed E-state index contributed by atoms with van der Waals surface area (Å²) in [5, 5.41) is 0. The molecule has 0 N–H and O–H groups in total. The van der Waals surface area contributed by atoms with Gasteiger partial charge in [0, 0.05) is 12.5 Å². The number of esters is 2. The van der Waals surface area contributed by atoms with Crippen molar-refractivity contribution < 1.29 is 28.5 Å². The first-order valence-electron chi connectivity index (χ1n) is 10.1. The highest BCUT2D eigenvalue weighted by Crippen LogP contribution is 2.42. The van der Waals surface area contributed by atoms with Crippen molar-refractivity contribution >= 4 is 11.9 Å². The lowest BCUT2D eigenvalue weighted by molar-refractivity contribution is -0.141. The molecule has 27 heavy (non-hydrogen) atoms. The first-order chi connectivity index (χ1) is 13.0. The molecule has 6 atom stereocenters. The van der Waals surface area contributed by atoms with Crippen molar-refractivity contribution in [1.29, 1.82) is 0 Å². The van der Waals surface area contributed by atoms with Gasteiger partial charge < -0.3 is 18.9 Å². The molecular weight excluding hydrogens is 348 g/mol. The lowest BCUT2D eigenvalue weighted by atomic mass is 9.86. The molecule has 2 saturated carbocycles. The van der Waals surface area contributed by atoms with Crippen molar-refractivity contribution in [3.8, 4) is 0 Å². The number of ether oxygens (including phenoxy) is 4. The molecule has 6 nitrogen and oxygen atoms in total. The second-order valence-electron chi connectivity index (χ2n) is 8.26. The van der Waals surface area contributed by atoms with E-state index in [2.05, 4.69) is 6.58 Å². The molecule has 6 heteroatoms. The maximum Gasteiger partial charge on any atom is 0.337 e. The summed E-state index contributed by atoms with van der Waals surface area (Å²) in [5.41, 5.74) is 0.375. The van der Waals surface area contributed by atoms with Crippen LogP contribution in [-0.4, -0.2) is 43.0 Å². The van der Waals surface area contributed by atoms with Crippen LogP contribution in [0.4, 0.5) is 0 Å². The van der Waals surface area contributed by atoms with E-state index < -0.39 is 11.9 Å². The number of carbonyl (C=O) groups excluding carboxylic acids is 2. The molecule has 0 aromatic carbocycles. The predicted molar refractivity (Wildman–Crippen MR) is 96.6 cm³/mol. The van der Waals surface area contributed by atoms with Crippen LogP contribution < -0.4 is 0 Å². The standard InChI is InChI=1S/C21H28O6/c1-3-20(22)27-17(8-13-4-6-15-18(9-13)25-15)12(2)21(23)24-11-14-5-7-16-19(10-14)26-16/h3,13-16,18-19H,1,4-11H2,2H3. The van der Waals surface area contributed by atoms with E-state index in [9.17, 15) is 9.59 Å². The molecule has 2 saturated heterocycles. The first kappa shape index (κ1) is 18.7. The van der Waals surface area contributed by atoms with E-state index in [0.29, 0.717) is 60.6 Å². The molecule has 4 fully saturated rings. The molecule has 148 valence electrons. The van der Waals surface area contributed by atoms with Gasteiger partial charge in [-0.2, -0.15) is 0 Å². The van der Waals surface area contributed by atoms with Gasteiger partial charge in [-0.3, -0.25) is 0 Å². The van der Waals surface area contributed by atoms with Crippen LogP contribution in [0.25, 0.3) is 0 Å². The van der Waals surface area contributed by atoms with Crippen LogP contribution in [0.15, 0.2) is 24.0 Å². The number of hydrogen-bond donors (Lipinski definition) is 0. The zero-order valence-corrected chi connectivity index (χ0v) is 15.9. The molecular formula is C21H28O6. The van der Waals surface area contributed by atoms with Crippen LogP contribution in [0.1, 0.15) is 51.9 Å². The number of rotatable bonds is 7. The molecule has 4 rings (SSSR count). The average molecular weight is 376 g/mol. The van der Waals surface area contributed by atoms with E-state index in [-0.39, 0.29) is 0 Å². The lowest BCUT2D eigenvalue weighted by Crippen LogP contribution is -2.22. The van der Waals surface area contributed by atoms with Crippen molar-refractivity contribution in [2.75, 3.05) is 6.61 Å². The smallest absolute Gasteiger partial charge is 0.337 e. The SMILES string of the molecule is C=CC(=O)OC(CC1CCC2OC2C1)=C(C)C(=O)OCC1CCC2OC2C1. The van der Waals surface area contributed by atoms with Gasteiger partial charge in [0.25, 0.3) is 0 Å². The van der Waals surface area contributed by atoms with Crippen LogP contribution in [0.2, 0.25) is 0 Å². The van der Waals surface area contributed by atoms with Crippen LogP contribution in [0, 0.1) is 11.8 Å². The van der Waals surface area contributed by atoms with Gasteiger partial charge in [0.1, 0.15) is 5.76 Å². The second kappa shape index (κ2) is 7.76. The van der Waals surface area contributed by atoms with E-state index in [1.165, 1.54) is 0 Å². The monoisotopic (exact) mass is 376 g/mol. The van der Waals surface area contributed by atoms with Gasteiger partial charge >= 0.3 is 11.9 Å². The van der Waals surface area contributed by atoms with Crippen molar-refractivity contribution in [3.05, 3.63) is 24.0 Å². The maximum atomic E-state index is 12.5. The number of allylic oxidation sites excluding steroid dienone is 1. The Morgan fingerprint density at radius 2 is 1.63 bits per heavy atom. The minimum absolute atomic E-state index is 0.340. The quantitative estimate of drug-likeness (QED) is 0.294. The van der Waals surface area contributed by atoms with Crippen molar-refractivity contribution in [1.82, 2.24) is 0 Å². The fourth-order valence-electron chi connectivity index (χ4n) is 4.42. The zero-order chi connectivity index (χ0) is 19.0. The summed E-state index contributed by atoms with van der Waals surface area (Å²) in [7, 11) is 0. The van der Waals surface area contributed by atoms with E-state index in [4.69, 9.17) is 18.9 Å². The Balaban J connectivity index is 1.35. The van der Waals surface area contributed by atoms with Gasteiger partial charge in [0.05, 0.1) is 36.6 Å². The molecule has 0 bridgehead atoms. The summed E-state index contributed by atoms with van der Waals surface area (Å²) < 4.78 is 22.0. The number of epoxide rings is 2. The number of fused-ring (bicyclic) bond motifs is 2. The highest BCUT2D eigenvalue weighted by molar-refractivity contribution is 5.89. The average Bonchev–Trinajstić information content (AvgIpc) is 3.58. The maximum absolute atomic E-state index is 12.5. The molecule has 6 unspecified atom stereocenters.